The quantitative estimate of drug-likeness (QED) is 0.0451. The number of likely N-dealkylation sites (tertiary alicyclic amines) is 1. The van der Waals surface area contributed by atoms with Crippen LogP contribution in [-0.4, -0.2) is 160 Å². The number of carbonyl (C=O) groups excluding carboxylic acids is 2. The van der Waals surface area contributed by atoms with Crippen molar-refractivity contribution in [1.82, 2.24) is 24.9 Å². The van der Waals surface area contributed by atoms with Gasteiger partial charge >= 0.3 is 11.9 Å². The van der Waals surface area contributed by atoms with Gasteiger partial charge < -0.3 is 46.5 Å². The number of nitrogens with zero attached hydrogens (tertiary/aromatic N) is 4. The smallest absolute Gasteiger partial charge is 0.306 e. The van der Waals surface area contributed by atoms with Gasteiger partial charge in [0, 0.05) is 109 Å². The van der Waals surface area contributed by atoms with Crippen LogP contribution in [0, 0.1) is 11.8 Å². The first-order valence-electron chi connectivity index (χ1n) is 30.5. The van der Waals surface area contributed by atoms with E-state index in [2.05, 4.69) is 162 Å². The Labute approximate surface area is 495 Å². The fraction of sp³-hybridized carbons (Fsp3) is 0.606. The molecule has 8 fully saturated rings. The SMILES string of the molecule is CO[C@H]1CN(CCCCCC(=O)OC2CN3CCC2CC3)CC[C@H]1N(Cc1ccccc1)Cc1ccccc1.CO[C@H]1CNCC[C@H]1N(Cc1ccccc1)Cc1ccccc1.O=C(CCCCCBr)OC1C[NH+]2CCC1CC2.[Cl-]. The van der Waals surface area contributed by atoms with Crippen molar-refractivity contribution in [3.05, 3.63) is 144 Å². The molecule has 0 amide bonds. The van der Waals surface area contributed by atoms with Crippen LogP contribution < -0.4 is 22.6 Å². The number of hydrogen-bond acceptors (Lipinski definition) is 11. The van der Waals surface area contributed by atoms with Gasteiger partial charge in [-0.05, 0) is 112 Å². The molecular weight excluding hydrogens is 1090 g/mol. The summed E-state index contributed by atoms with van der Waals surface area (Å²) in [5.41, 5.74) is 5.41. The van der Waals surface area contributed by atoms with Gasteiger partial charge in [-0.1, -0.05) is 150 Å². The van der Waals surface area contributed by atoms with Gasteiger partial charge in [-0.2, -0.15) is 0 Å². The fourth-order valence-corrected chi connectivity index (χ4v) is 13.6. The first-order chi connectivity index (χ1) is 38.8. The van der Waals surface area contributed by atoms with Gasteiger partial charge in [-0.3, -0.25) is 24.3 Å². The van der Waals surface area contributed by atoms with Gasteiger partial charge in [0.2, 0.25) is 0 Å². The highest BCUT2D eigenvalue weighted by Crippen LogP contribution is 2.30. The van der Waals surface area contributed by atoms with Crippen LogP contribution in [-0.2, 0) is 54.7 Å². The number of benzene rings is 4. The van der Waals surface area contributed by atoms with Gasteiger partial charge in [0.25, 0.3) is 0 Å². The van der Waals surface area contributed by atoms with E-state index >= 15 is 0 Å². The van der Waals surface area contributed by atoms with Crippen LogP contribution in [0.5, 0.6) is 0 Å². The van der Waals surface area contributed by atoms with Crippen molar-refractivity contribution in [2.45, 2.75) is 153 Å². The number of piperidine rings is 8. The van der Waals surface area contributed by atoms with Crippen LogP contribution in [0.15, 0.2) is 121 Å². The maximum Gasteiger partial charge on any atom is 0.306 e. The summed E-state index contributed by atoms with van der Waals surface area (Å²) in [5.74, 6) is 1.27. The van der Waals surface area contributed by atoms with E-state index in [1.165, 1.54) is 74.1 Å². The van der Waals surface area contributed by atoms with Gasteiger partial charge in [0.15, 0.2) is 6.10 Å². The molecule has 8 aliphatic heterocycles. The lowest BCUT2D eigenvalue weighted by Gasteiger charge is -2.44. The zero-order chi connectivity index (χ0) is 54.9. The van der Waals surface area contributed by atoms with Gasteiger partial charge in [0.05, 0.1) is 25.3 Å². The zero-order valence-electron chi connectivity index (χ0n) is 48.4. The van der Waals surface area contributed by atoms with Crippen molar-refractivity contribution in [1.29, 1.82) is 0 Å². The summed E-state index contributed by atoms with van der Waals surface area (Å²) < 4.78 is 23.3. The Hall–Kier alpha value is -3.73. The maximum absolute atomic E-state index is 12.4. The van der Waals surface area contributed by atoms with E-state index in [0.29, 0.717) is 36.8 Å². The average molecular weight is 1180 g/mol. The third kappa shape index (κ3) is 20.9. The Morgan fingerprint density at radius 1 is 0.550 bits per heavy atom. The molecule has 8 aliphatic rings. The molecule has 12 rings (SSSR count). The van der Waals surface area contributed by atoms with Gasteiger partial charge in [-0.25, -0.2) is 0 Å². The number of methoxy groups -OCH3 is 2. The highest BCUT2D eigenvalue weighted by atomic mass is 79.9. The van der Waals surface area contributed by atoms with E-state index in [1.54, 1.807) is 4.90 Å². The van der Waals surface area contributed by atoms with Crippen molar-refractivity contribution in [3.63, 3.8) is 0 Å². The van der Waals surface area contributed by atoms with Gasteiger partial charge in [-0.15, -0.1) is 0 Å². The minimum Gasteiger partial charge on any atom is -1.00 e. The van der Waals surface area contributed by atoms with Crippen molar-refractivity contribution in [3.8, 4) is 0 Å². The molecule has 4 bridgehead atoms. The molecule has 440 valence electrons. The molecule has 0 aliphatic carbocycles. The van der Waals surface area contributed by atoms with E-state index in [1.807, 2.05) is 14.2 Å². The Morgan fingerprint density at radius 3 is 1.48 bits per heavy atom. The van der Waals surface area contributed by atoms with E-state index in [4.69, 9.17) is 18.9 Å². The molecule has 80 heavy (non-hydrogen) atoms. The molecule has 2 N–H and O–H groups in total. The first kappa shape index (κ1) is 63.8. The molecule has 0 radical (unpaired) electrons. The fourth-order valence-electron chi connectivity index (χ4n) is 13.2. The Morgan fingerprint density at radius 2 is 1.02 bits per heavy atom. The molecule has 0 spiro atoms. The van der Waals surface area contributed by atoms with Crippen molar-refractivity contribution in [2.75, 3.05) is 91.5 Å². The van der Waals surface area contributed by atoms with E-state index in [0.717, 1.165) is 129 Å². The van der Waals surface area contributed by atoms with Crippen LogP contribution in [0.25, 0.3) is 0 Å². The van der Waals surface area contributed by atoms with Crippen LogP contribution in [0.3, 0.4) is 0 Å². The summed E-state index contributed by atoms with van der Waals surface area (Å²) in [6.45, 7) is 15.8. The van der Waals surface area contributed by atoms with Gasteiger partial charge in [0.1, 0.15) is 12.6 Å². The molecule has 4 aromatic rings. The van der Waals surface area contributed by atoms with Crippen LogP contribution in [0.2, 0.25) is 0 Å². The second kappa shape index (κ2) is 35.4. The summed E-state index contributed by atoms with van der Waals surface area (Å²) in [4.78, 5) is 35.9. The number of hydrogen-bond donors (Lipinski definition) is 2. The van der Waals surface area contributed by atoms with Crippen molar-refractivity contribution < 1.29 is 45.8 Å². The summed E-state index contributed by atoms with van der Waals surface area (Å²) in [5, 5.41) is 4.48. The number of quaternary nitrogens is 1. The number of nitrogens with one attached hydrogen (secondary N) is 2. The third-order valence-electron chi connectivity index (χ3n) is 17.7. The lowest BCUT2D eigenvalue weighted by atomic mass is 9.86. The summed E-state index contributed by atoms with van der Waals surface area (Å²) >= 11 is 3.40. The molecule has 2 unspecified atom stereocenters. The van der Waals surface area contributed by atoms with E-state index < -0.39 is 0 Å². The number of unbranched alkanes of at least 4 members (excludes halogenated alkanes) is 4. The molecule has 8 saturated heterocycles. The zero-order valence-corrected chi connectivity index (χ0v) is 50.7. The Kier molecular flexibility index (Phi) is 28.3. The second-order valence-electron chi connectivity index (χ2n) is 23.3. The summed E-state index contributed by atoms with van der Waals surface area (Å²) in [6, 6.07) is 43.9. The number of halogens is 2. The number of carbonyl (C=O) groups is 2. The molecular formula is C66H96BrClN6O6. The highest BCUT2D eigenvalue weighted by Gasteiger charge is 2.40. The van der Waals surface area contributed by atoms with Crippen molar-refractivity contribution in [2.24, 2.45) is 11.8 Å². The minimum atomic E-state index is 0. The maximum atomic E-state index is 12.4. The number of rotatable bonds is 25. The number of esters is 2. The van der Waals surface area contributed by atoms with Crippen LogP contribution in [0.1, 0.15) is 112 Å². The molecule has 12 nitrogen and oxygen atoms in total. The van der Waals surface area contributed by atoms with Crippen molar-refractivity contribution >= 4 is 27.9 Å². The minimum absolute atomic E-state index is 0. The number of ether oxygens (including phenoxy) is 4. The molecule has 8 heterocycles. The highest BCUT2D eigenvalue weighted by molar-refractivity contribution is 9.09. The molecule has 14 heteroatoms. The summed E-state index contributed by atoms with van der Waals surface area (Å²) in [7, 11) is 3.69. The van der Waals surface area contributed by atoms with E-state index in [-0.39, 0.29) is 48.8 Å². The molecule has 0 aromatic heterocycles. The monoisotopic (exact) mass is 1180 g/mol. The third-order valence-corrected chi connectivity index (χ3v) is 18.3. The Bertz CT molecular complexity index is 2210. The number of fused-ring (bicyclic) bond motifs is 6. The van der Waals surface area contributed by atoms with E-state index in [9.17, 15) is 9.59 Å². The molecule has 0 saturated carbocycles. The van der Waals surface area contributed by atoms with Crippen LogP contribution in [0.4, 0.5) is 0 Å². The topological polar surface area (TPSA) is 100 Å². The van der Waals surface area contributed by atoms with Crippen LogP contribution >= 0.6 is 15.9 Å². The lowest BCUT2D eigenvalue weighted by Crippen LogP contribution is -3.16. The number of alkyl halides is 1. The predicted octanol–water partition coefficient (Wildman–Crippen LogP) is 6.21. The standard InChI is InChI=1S/C33H47N3O3.C20H26N2O.C13H22BrNO2.ClH/c1-38-32-26-34(19-10-4-9-15-33(37)39-31-25-35-20-16-29(31)17-21-35)22-18-30(32)36(23-27-11-5-2-6-12-27)24-28-13-7-3-8-14-28;1-23-20-14-21-13-12-19(20)22(15-17-8-4-2-5-9-17)16-18-10-6-3-7-11-18;14-7-3-1-2-4-13(16)17-12-10-15-8-5-11(12)6-9-15;/h2-3,5-8,11-14,29-32H,4,9-10,15-26H2,1H3;2-11,19-21H,12-16H2,1H3;11-12H,1-10H2;1H/t30-,31?,32+;19-,20+;;/m11../s1. The predicted molar refractivity (Wildman–Crippen MR) is 320 cm³/mol. The normalized spacial score (nSPS) is 26.1. The first-order valence-corrected chi connectivity index (χ1v) is 31.6. The largest absolute Gasteiger partial charge is 1.00 e. The molecule has 4 aromatic carbocycles. The average Bonchev–Trinajstić information content (AvgIpc) is 3.52. The second-order valence-corrected chi connectivity index (χ2v) is 24.1. The summed E-state index contributed by atoms with van der Waals surface area (Å²) in [6.07, 6.45) is 15.4. The Balaban J connectivity index is 0.000000191. The molecule has 6 atom stereocenters. The lowest BCUT2D eigenvalue weighted by molar-refractivity contribution is -0.920.